The van der Waals surface area contributed by atoms with Gasteiger partial charge in [-0.25, -0.2) is 0 Å². The molecule has 1 aliphatic heterocycles. The topological polar surface area (TPSA) is 21.3 Å². The Hall–Kier alpha value is -0.380. The zero-order valence-corrected chi connectivity index (χ0v) is 10.2. The lowest BCUT2D eigenvalue weighted by molar-refractivity contribution is 0.177. The van der Waals surface area contributed by atoms with E-state index in [-0.39, 0.29) is 0 Å². The highest BCUT2D eigenvalue weighted by molar-refractivity contribution is 7.07. The maximum Gasteiger partial charge on any atom is 0.0509 e. The molecule has 0 amide bonds. The fourth-order valence-corrected chi connectivity index (χ4v) is 2.85. The van der Waals surface area contributed by atoms with Crippen molar-refractivity contribution in [2.45, 2.75) is 32.4 Å². The van der Waals surface area contributed by atoms with Crippen LogP contribution in [0, 0.1) is 5.92 Å². The molecule has 1 N–H and O–H groups in total. The van der Waals surface area contributed by atoms with Crippen molar-refractivity contribution in [2.24, 2.45) is 5.92 Å². The lowest BCUT2D eigenvalue weighted by Gasteiger charge is -2.23. The van der Waals surface area contributed by atoms with Gasteiger partial charge in [0.15, 0.2) is 0 Å². The molecule has 2 rings (SSSR count). The van der Waals surface area contributed by atoms with Crippen LogP contribution in [0.25, 0.3) is 0 Å². The van der Waals surface area contributed by atoms with Gasteiger partial charge in [0.2, 0.25) is 0 Å². The van der Waals surface area contributed by atoms with Crippen LogP contribution in [0.15, 0.2) is 16.8 Å². The molecule has 0 saturated carbocycles. The lowest BCUT2D eigenvalue weighted by atomic mass is 9.99. The second-order valence-corrected chi connectivity index (χ2v) is 5.14. The number of rotatable bonds is 4. The minimum atomic E-state index is 0.451. The van der Waals surface area contributed by atoms with E-state index in [2.05, 4.69) is 36.0 Å². The SMILES string of the molecule is CC(NC(C)C1CCOC1)c1ccsc1. The predicted molar refractivity (Wildman–Crippen MR) is 64.3 cm³/mol. The predicted octanol–water partition coefficient (Wildman–Crippen LogP) is 2.82. The van der Waals surface area contributed by atoms with Gasteiger partial charge in [-0.1, -0.05) is 0 Å². The first-order valence-electron chi connectivity index (χ1n) is 5.63. The van der Waals surface area contributed by atoms with Gasteiger partial charge in [0.05, 0.1) is 6.61 Å². The molecule has 3 heteroatoms. The molecule has 3 atom stereocenters. The molecule has 1 aromatic rings. The van der Waals surface area contributed by atoms with E-state index in [9.17, 15) is 0 Å². The summed E-state index contributed by atoms with van der Waals surface area (Å²) in [7, 11) is 0. The van der Waals surface area contributed by atoms with Crippen molar-refractivity contribution < 1.29 is 4.74 Å². The molecule has 15 heavy (non-hydrogen) atoms. The highest BCUT2D eigenvalue weighted by Gasteiger charge is 2.23. The van der Waals surface area contributed by atoms with Gasteiger partial charge in [-0.3, -0.25) is 0 Å². The summed E-state index contributed by atoms with van der Waals surface area (Å²) in [5, 5.41) is 8.00. The third kappa shape index (κ3) is 2.80. The molecule has 0 radical (unpaired) electrons. The van der Waals surface area contributed by atoms with Gasteiger partial charge in [-0.2, -0.15) is 11.3 Å². The second-order valence-electron chi connectivity index (χ2n) is 4.36. The average molecular weight is 225 g/mol. The van der Waals surface area contributed by atoms with E-state index in [0.717, 1.165) is 13.2 Å². The summed E-state index contributed by atoms with van der Waals surface area (Å²) in [6, 6.07) is 3.19. The van der Waals surface area contributed by atoms with E-state index in [4.69, 9.17) is 4.74 Å². The summed E-state index contributed by atoms with van der Waals surface area (Å²) < 4.78 is 5.41. The van der Waals surface area contributed by atoms with Crippen molar-refractivity contribution in [3.63, 3.8) is 0 Å². The summed E-state index contributed by atoms with van der Waals surface area (Å²) in [6.07, 6.45) is 1.20. The molecule has 0 spiro atoms. The number of hydrogen-bond donors (Lipinski definition) is 1. The van der Waals surface area contributed by atoms with Crippen molar-refractivity contribution in [1.29, 1.82) is 0 Å². The van der Waals surface area contributed by atoms with Crippen molar-refractivity contribution in [1.82, 2.24) is 5.32 Å². The normalized spacial score (nSPS) is 25.3. The maximum atomic E-state index is 5.41. The number of ether oxygens (including phenoxy) is 1. The van der Waals surface area contributed by atoms with Crippen molar-refractivity contribution in [3.8, 4) is 0 Å². The van der Waals surface area contributed by atoms with Crippen molar-refractivity contribution >= 4 is 11.3 Å². The van der Waals surface area contributed by atoms with E-state index >= 15 is 0 Å². The van der Waals surface area contributed by atoms with Gasteiger partial charge in [-0.05, 0) is 48.6 Å². The van der Waals surface area contributed by atoms with E-state index < -0.39 is 0 Å². The minimum Gasteiger partial charge on any atom is -0.381 e. The fourth-order valence-electron chi connectivity index (χ4n) is 2.10. The zero-order chi connectivity index (χ0) is 10.7. The zero-order valence-electron chi connectivity index (χ0n) is 9.40. The van der Waals surface area contributed by atoms with E-state index in [1.807, 2.05) is 0 Å². The van der Waals surface area contributed by atoms with Gasteiger partial charge in [-0.15, -0.1) is 0 Å². The van der Waals surface area contributed by atoms with Crippen LogP contribution in [-0.4, -0.2) is 19.3 Å². The lowest BCUT2D eigenvalue weighted by Crippen LogP contribution is -2.35. The van der Waals surface area contributed by atoms with Crippen molar-refractivity contribution in [2.75, 3.05) is 13.2 Å². The first-order valence-corrected chi connectivity index (χ1v) is 6.57. The monoisotopic (exact) mass is 225 g/mol. The highest BCUT2D eigenvalue weighted by atomic mass is 32.1. The Labute approximate surface area is 95.6 Å². The molecule has 0 aromatic carbocycles. The van der Waals surface area contributed by atoms with Crippen molar-refractivity contribution in [3.05, 3.63) is 22.4 Å². The summed E-state index contributed by atoms with van der Waals surface area (Å²) in [6.45, 7) is 6.35. The molecule has 84 valence electrons. The van der Waals surface area contributed by atoms with Gasteiger partial charge < -0.3 is 10.1 Å². The third-order valence-electron chi connectivity index (χ3n) is 3.23. The molecule has 2 nitrogen and oxygen atoms in total. The molecule has 1 aliphatic rings. The summed E-state index contributed by atoms with van der Waals surface area (Å²) in [5.74, 6) is 0.686. The Kier molecular flexibility index (Phi) is 3.78. The Morgan fingerprint density at radius 2 is 2.40 bits per heavy atom. The van der Waals surface area contributed by atoms with E-state index in [1.165, 1.54) is 12.0 Å². The molecule has 1 fully saturated rings. The Bertz CT molecular complexity index is 280. The summed E-state index contributed by atoms with van der Waals surface area (Å²) in [4.78, 5) is 0. The molecule has 1 saturated heterocycles. The summed E-state index contributed by atoms with van der Waals surface area (Å²) >= 11 is 1.76. The molecular formula is C12H19NOS. The van der Waals surface area contributed by atoms with Crippen LogP contribution in [0.1, 0.15) is 31.9 Å². The first-order chi connectivity index (χ1) is 7.27. The van der Waals surface area contributed by atoms with Gasteiger partial charge in [0, 0.05) is 18.7 Å². The Morgan fingerprint density at radius 3 is 3.00 bits per heavy atom. The van der Waals surface area contributed by atoms with Gasteiger partial charge in [0.1, 0.15) is 0 Å². The van der Waals surface area contributed by atoms with Crippen LogP contribution in [-0.2, 0) is 4.74 Å². The first kappa shape index (κ1) is 11.1. The van der Waals surface area contributed by atoms with Crippen LogP contribution in [0.3, 0.4) is 0 Å². The Morgan fingerprint density at radius 1 is 1.53 bits per heavy atom. The Balaban J connectivity index is 1.85. The van der Waals surface area contributed by atoms with Gasteiger partial charge in [0.25, 0.3) is 0 Å². The van der Waals surface area contributed by atoms with Crippen LogP contribution < -0.4 is 5.32 Å². The third-order valence-corrected chi connectivity index (χ3v) is 3.93. The van der Waals surface area contributed by atoms with E-state index in [1.54, 1.807) is 11.3 Å². The average Bonchev–Trinajstić information content (AvgIpc) is 2.91. The largest absolute Gasteiger partial charge is 0.381 e. The quantitative estimate of drug-likeness (QED) is 0.851. The molecular weight excluding hydrogens is 206 g/mol. The van der Waals surface area contributed by atoms with Crippen LogP contribution in [0.5, 0.6) is 0 Å². The smallest absolute Gasteiger partial charge is 0.0509 e. The standard InChI is InChI=1S/C12H19NOS/c1-9(11-3-5-14-7-11)13-10(2)12-4-6-15-8-12/h4,6,8-11,13H,3,5,7H2,1-2H3. The fraction of sp³-hybridized carbons (Fsp3) is 0.667. The second kappa shape index (κ2) is 5.10. The molecule has 3 unspecified atom stereocenters. The number of nitrogens with one attached hydrogen (secondary N) is 1. The van der Waals surface area contributed by atoms with Crippen LogP contribution in [0.4, 0.5) is 0 Å². The molecule has 1 aromatic heterocycles. The molecule has 0 aliphatic carbocycles. The minimum absolute atomic E-state index is 0.451. The number of thiophene rings is 1. The van der Waals surface area contributed by atoms with E-state index in [0.29, 0.717) is 18.0 Å². The van der Waals surface area contributed by atoms with Gasteiger partial charge >= 0.3 is 0 Å². The summed E-state index contributed by atoms with van der Waals surface area (Å²) in [5.41, 5.74) is 1.39. The van der Waals surface area contributed by atoms with Crippen LogP contribution >= 0.6 is 11.3 Å². The highest BCUT2D eigenvalue weighted by Crippen LogP contribution is 2.21. The molecule has 0 bridgehead atoms. The van der Waals surface area contributed by atoms with Crippen LogP contribution in [0.2, 0.25) is 0 Å². The molecule has 2 heterocycles. The number of hydrogen-bond acceptors (Lipinski definition) is 3. The maximum absolute atomic E-state index is 5.41.